The number of carbonyl (C=O) groups is 2. The molecule has 1 aromatic rings. The maximum Gasteiger partial charge on any atom is 0.317 e. The van der Waals surface area contributed by atoms with E-state index in [4.69, 9.17) is 5.11 Å². The number of carbonyl (C=O) groups excluding carboxylic acids is 1. The van der Waals surface area contributed by atoms with Crippen molar-refractivity contribution in [3.63, 3.8) is 0 Å². The van der Waals surface area contributed by atoms with Gasteiger partial charge in [-0.05, 0) is 35.0 Å². The Bertz CT molecular complexity index is 422. The Morgan fingerprint density at radius 3 is 2.72 bits per heavy atom. The van der Waals surface area contributed by atoms with Gasteiger partial charge in [0.2, 0.25) is 0 Å². The maximum absolute atomic E-state index is 11.8. The third kappa shape index (κ3) is 5.05. The van der Waals surface area contributed by atoms with Crippen molar-refractivity contribution in [3.05, 3.63) is 20.8 Å². The van der Waals surface area contributed by atoms with Crippen LogP contribution >= 0.6 is 27.3 Å². The van der Waals surface area contributed by atoms with Gasteiger partial charge >= 0.3 is 12.0 Å². The lowest BCUT2D eigenvalue weighted by molar-refractivity contribution is -0.137. The molecular formula is C11H15BrN2O3S. The molecule has 7 heteroatoms. The molecule has 1 rings (SSSR count). The van der Waals surface area contributed by atoms with Crippen LogP contribution in [0.5, 0.6) is 0 Å². The van der Waals surface area contributed by atoms with Gasteiger partial charge in [-0.3, -0.25) is 4.79 Å². The number of rotatable bonds is 6. The van der Waals surface area contributed by atoms with Crippen LogP contribution in [0, 0.1) is 0 Å². The highest BCUT2D eigenvalue weighted by Crippen LogP contribution is 2.21. The highest BCUT2D eigenvalue weighted by molar-refractivity contribution is 9.11. The van der Waals surface area contributed by atoms with E-state index in [1.807, 2.05) is 19.1 Å². The largest absolute Gasteiger partial charge is 0.481 e. The molecule has 0 radical (unpaired) electrons. The average Bonchev–Trinajstić information content (AvgIpc) is 2.73. The summed E-state index contributed by atoms with van der Waals surface area (Å²) in [5.74, 6) is -0.900. The van der Waals surface area contributed by atoms with Gasteiger partial charge in [0.15, 0.2) is 0 Å². The molecule has 0 atom stereocenters. The van der Waals surface area contributed by atoms with Crippen LogP contribution in [0.1, 0.15) is 18.2 Å². The molecule has 5 nitrogen and oxygen atoms in total. The Kier molecular flexibility index (Phi) is 6.14. The van der Waals surface area contributed by atoms with E-state index in [-0.39, 0.29) is 19.0 Å². The van der Waals surface area contributed by atoms with Gasteiger partial charge in [0, 0.05) is 18.0 Å². The first kappa shape index (κ1) is 15.0. The van der Waals surface area contributed by atoms with E-state index in [1.165, 1.54) is 4.90 Å². The predicted octanol–water partition coefficient (Wildman–Crippen LogP) is 2.52. The number of nitrogens with zero attached hydrogens (tertiary/aromatic N) is 1. The van der Waals surface area contributed by atoms with E-state index in [1.54, 1.807) is 11.3 Å². The SMILES string of the molecule is CCN(CCC(=O)O)C(=O)NCc1ccc(Br)s1. The summed E-state index contributed by atoms with van der Waals surface area (Å²) >= 11 is 4.91. The summed E-state index contributed by atoms with van der Waals surface area (Å²) in [4.78, 5) is 24.8. The highest BCUT2D eigenvalue weighted by atomic mass is 79.9. The smallest absolute Gasteiger partial charge is 0.317 e. The van der Waals surface area contributed by atoms with E-state index in [0.29, 0.717) is 13.1 Å². The molecule has 0 saturated carbocycles. The minimum atomic E-state index is -0.900. The topological polar surface area (TPSA) is 69.6 Å². The van der Waals surface area contributed by atoms with Gasteiger partial charge in [-0.1, -0.05) is 0 Å². The van der Waals surface area contributed by atoms with Gasteiger partial charge in [-0.15, -0.1) is 11.3 Å². The molecule has 0 aliphatic heterocycles. The van der Waals surface area contributed by atoms with Gasteiger partial charge in [-0.25, -0.2) is 4.79 Å². The second-order valence-electron chi connectivity index (χ2n) is 3.59. The molecule has 0 saturated heterocycles. The number of carboxylic acids is 1. The van der Waals surface area contributed by atoms with Crippen LogP contribution < -0.4 is 5.32 Å². The van der Waals surface area contributed by atoms with Crippen LogP contribution in [0.2, 0.25) is 0 Å². The molecule has 2 N–H and O–H groups in total. The molecule has 0 aromatic carbocycles. The van der Waals surface area contributed by atoms with E-state index < -0.39 is 5.97 Å². The van der Waals surface area contributed by atoms with Crippen molar-refractivity contribution in [2.75, 3.05) is 13.1 Å². The number of nitrogens with one attached hydrogen (secondary N) is 1. The first-order valence-electron chi connectivity index (χ1n) is 5.51. The number of urea groups is 1. The zero-order chi connectivity index (χ0) is 13.5. The number of hydrogen-bond donors (Lipinski definition) is 2. The molecule has 0 spiro atoms. The number of halogens is 1. The average molecular weight is 335 g/mol. The van der Waals surface area contributed by atoms with Crippen LogP contribution in [0.3, 0.4) is 0 Å². The van der Waals surface area contributed by atoms with Crippen LogP contribution in [-0.2, 0) is 11.3 Å². The minimum absolute atomic E-state index is 0.0359. The number of aliphatic carboxylic acids is 1. The summed E-state index contributed by atoms with van der Waals surface area (Å²) in [6, 6.07) is 3.62. The highest BCUT2D eigenvalue weighted by Gasteiger charge is 2.12. The van der Waals surface area contributed by atoms with E-state index in [0.717, 1.165) is 8.66 Å². The third-order valence-electron chi connectivity index (χ3n) is 2.31. The fraction of sp³-hybridized carbons (Fsp3) is 0.455. The maximum atomic E-state index is 11.8. The Hall–Kier alpha value is -1.08. The molecule has 2 amide bonds. The lowest BCUT2D eigenvalue weighted by atomic mass is 10.4. The number of carboxylic acid groups (broad SMARTS) is 1. The molecule has 0 aliphatic rings. The molecule has 0 bridgehead atoms. The van der Waals surface area contributed by atoms with Crippen molar-refractivity contribution in [1.29, 1.82) is 0 Å². The molecule has 1 heterocycles. The van der Waals surface area contributed by atoms with Gasteiger partial charge in [-0.2, -0.15) is 0 Å². The van der Waals surface area contributed by atoms with Gasteiger partial charge in [0.1, 0.15) is 0 Å². The number of amides is 2. The molecule has 0 fully saturated rings. The summed E-state index contributed by atoms with van der Waals surface area (Å²) < 4.78 is 1.02. The molecule has 18 heavy (non-hydrogen) atoms. The summed E-state index contributed by atoms with van der Waals surface area (Å²) in [5, 5.41) is 11.4. The molecule has 0 unspecified atom stereocenters. The number of thiophene rings is 1. The van der Waals surface area contributed by atoms with Crippen molar-refractivity contribution in [3.8, 4) is 0 Å². The quantitative estimate of drug-likeness (QED) is 0.839. The lowest BCUT2D eigenvalue weighted by Gasteiger charge is -2.20. The standard InChI is InChI=1S/C11H15BrN2O3S/c1-2-14(6-5-10(15)16)11(17)13-7-8-3-4-9(12)18-8/h3-4H,2,5-7H2,1H3,(H,13,17)(H,15,16). The van der Waals surface area contributed by atoms with Gasteiger partial charge < -0.3 is 15.3 Å². The Balaban J connectivity index is 2.39. The van der Waals surface area contributed by atoms with Gasteiger partial charge in [0.25, 0.3) is 0 Å². The van der Waals surface area contributed by atoms with E-state index in [2.05, 4.69) is 21.2 Å². The first-order valence-corrected chi connectivity index (χ1v) is 7.12. The van der Waals surface area contributed by atoms with Crippen molar-refractivity contribution < 1.29 is 14.7 Å². The second kappa shape index (κ2) is 7.38. The van der Waals surface area contributed by atoms with Crippen molar-refractivity contribution in [1.82, 2.24) is 10.2 Å². The number of hydrogen-bond acceptors (Lipinski definition) is 3. The zero-order valence-corrected chi connectivity index (χ0v) is 12.4. The van der Waals surface area contributed by atoms with Crippen LogP contribution in [0.15, 0.2) is 15.9 Å². The van der Waals surface area contributed by atoms with Crippen molar-refractivity contribution in [2.45, 2.75) is 19.9 Å². The van der Waals surface area contributed by atoms with Gasteiger partial charge in [0.05, 0.1) is 16.8 Å². The predicted molar refractivity (Wildman–Crippen MR) is 73.8 cm³/mol. The van der Waals surface area contributed by atoms with E-state index >= 15 is 0 Å². The summed E-state index contributed by atoms with van der Waals surface area (Å²) in [5.41, 5.74) is 0. The fourth-order valence-electron chi connectivity index (χ4n) is 1.36. The summed E-state index contributed by atoms with van der Waals surface area (Å²) in [6.45, 7) is 3.00. The van der Waals surface area contributed by atoms with Crippen LogP contribution in [0.4, 0.5) is 4.79 Å². The molecular weight excluding hydrogens is 320 g/mol. The third-order valence-corrected chi connectivity index (χ3v) is 3.93. The Morgan fingerprint density at radius 1 is 1.50 bits per heavy atom. The zero-order valence-electron chi connectivity index (χ0n) is 9.98. The summed E-state index contributed by atoms with van der Waals surface area (Å²) in [7, 11) is 0. The monoisotopic (exact) mass is 334 g/mol. The molecule has 1 aromatic heterocycles. The minimum Gasteiger partial charge on any atom is -0.481 e. The second-order valence-corrected chi connectivity index (χ2v) is 6.14. The Morgan fingerprint density at radius 2 is 2.22 bits per heavy atom. The molecule has 0 aliphatic carbocycles. The van der Waals surface area contributed by atoms with Crippen molar-refractivity contribution >= 4 is 39.3 Å². The molecule has 100 valence electrons. The summed E-state index contributed by atoms with van der Waals surface area (Å²) in [6.07, 6.45) is -0.0359. The fourth-order valence-corrected chi connectivity index (χ4v) is 2.78. The van der Waals surface area contributed by atoms with Crippen LogP contribution in [-0.4, -0.2) is 35.1 Å². The van der Waals surface area contributed by atoms with Crippen molar-refractivity contribution in [2.24, 2.45) is 0 Å². The normalized spacial score (nSPS) is 10.1. The first-order chi connectivity index (χ1) is 8.52. The van der Waals surface area contributed by atoms with Crippen LogP contribution in [0.25, 0.3) is 0 Å². The lowest BCUT2D eigenvalue weighted by Crippen LogP contribution is -2.40. The Labute approximate surface area is 118 Å². The van der Waals surface area contributed by atoms with E-state index in [9.17, 15) is 9.59 Å².